The zero-order chi connectivity index (χ0) is 6.32. The molecule has 0 radical (unpaired) electrons. The highest BCUT2D eigenvalue weighted by Gasteiger charge is 2.44. The monoisotopic (exact) mass is 145 g/mol. The van der Waals surface area contributed by atoms with Crippen LogP contribution in [0.4, 0.5) is 0 Å². The van der Waals surface area contributed by atoms with Gasteiger partial charge in [-0.3, -0.25) is 0 Å². The Balaban J connectivity index is 1.91. The number of hydrogen-bond acceptors (Lipinski definition) is 1. The molecule has 0 aromatic rings. The third-order valence-electron chi connectivity index (χ3n) is 2.73. The van der Waals surface area contributed by atoms with Crippen molar-refractivity contribution < 1.29 is 0 Å². The van der Waals surface area contributed by atoms with E-state index in [0.717, 1.165) is 18.5 Å². The lowest BCUT2D eigenvalue weighted by Gasteiger charge is -2.26. The van der Waals surface area contributed by atoms with E-state index in [1.807, 2.05) is 4.42 Å². The maximum absolute atomic E-state index is 5.81. The Bertz CT molecular complexity index is 110. The van der Waals surface area contributed by atoms with Gasteiger partial charge in [0.1, 0.15) is 0 Å². The van der Waals surface area contributed by atoms with E-state index in [4.69, 9.17) is 11.8 Å². The molecule has 0 aromatic heterocycles. The van der Waals surface area contributed by atoms with Crippen molar-refractivity contribution in [2.75, 3.05) is 13.1 Å². The average molecular weight is 146 g/mol. The molecule has 1 aliphatic heterocycles. The molecular weight excluding hydrogens is 134 g/mol. The Labute approximate surface area is 61.1 Å². The van der Waals surface area contributed by atoms with Gasteiger partial charge in [-0.1, -0.05) is 0 Å². The molecule has 9 heavy (non-hydrogen) atoms. The summed E-state index contributed by atoms with van der Waals surface area (Å²) in [7, 11) is 0. The summed E-state index contributed by atoms with van der Waals surface area (Å²) in [5.74, 6) is 0. The summed E-state index contributed by atoms with van der Waals surface area (Å²) in [5.41, 5.74) is 0.783. The van der Waals surface area contributed by atoms with Gasteiger partial charge in [-0.05, 0) is 42.9 Å². The Morgan fingerprint density at radius 2 is 1.56 bits per heavy atom. The van der Waals surface area contributed by atoms with Gasteiger partial charge in [-0.15, -0.1) is 0 Å². The molecule has 1 heterocycles. The van der Waals surface area contributed by atoms with Crippen molar-refractivity contribution in [2.24, 2.45) is 5.41 Å². The molecule has 1 aliphatic carbocycles. The van der Waals surface area contributed by atoms with Crippen LogP contribution in [0.1, 0.15) is 25.7 Å². The fraction of sp³-hybridized carbons (Fsp3) is 1.00. The lowest BCUT2D eigenvalue weighted by molar-refractivity contribution is 0.266. The first kappa shape index (κ1) is 5.99. The zero-order valence-electron chi connectivity index (χ0n) is 5.57. The molecule has 1 saturated heterocycles. The van der Waals surface area contributed by atoms with Gasteiger partial charge in [-0.25, -0.2) is 4.42 Å². The van der Waals surface area contributed by atoms with Crippen molar-refractivity contribution in [3.8, 4) is 0 Å². The van der Waals surface area contributed by atoms with E-state index >= 15 is 0 Å². The second kappa shape index (κ2) is 1.86. The molecule has 1 nitrogen and oxygen atoms in total. The van der Waals surface area contributed by atoms with E-state index in [1.165, 1.54) is 25.7 Å². The van der Waals surface area contributed by atoms with Crippen molar-refractivity contribution in [2.45, 2.75) is 25.7 Å². The van der Waals surface area contributed by atoms with Gasteiger partial charge in [0.15, 0.2) is 0 Å². The lowest BCUT2D eigenvalue weighted by atomic mass is 9.95. The number of rotatable bonds is 0. The molecule has 0 N–H and O–H groups in total. The SMILES string of the molecule is ClN1CCC2(CC1)CC2. The number of hydrogen-bond donors (Lipinski definition) is 0. The van der Waals surface area contributed by atoms with Crippen molar-refractivity contribution >= 4 is 11.8 Å². The fourth-order valence-electron chi connectivity index (χ4n) is 1.63. The first-order valence-electron chi connectivity index (χ1n) is 3.72. The van der Waals surface area contributed by atoms with Crippen LogP contribution in [0.25, 0.3) is 0 Å². The van der Waals surface area contributed by atoms with E-state index in [0.29, 0.717) is 0 Å². The standard InChI is InChI=1S/C7H12ClN/c8-9-5-3-7(1-2-7)4-6-9/h1-6H2. The molecule has 2 rings (SSSR count). The predicted octanol–water partition coefficient (Wildman–Crippen LogP) is 2.02. The molecule has 2 fully saturated rings. The summed E-state index contributed by atoms with van der Waals surface area (Å²) in [6.45, 7) is 2.23. The summed E-state index contributed by atoms with van der Waals surface area (Å²) in [6, 6.07) is 0. The van der Waals surface area contributed by atoms with Crippen LogP contribution in [0, 0.1) is 5.41 Å². The van der Waals surface area contributed by atoms with E-state index < -0.39 is 0 Å². The van der Waals surface area contributed by atoms with Gasteiger partial charge in [-0.2, -0.15) is 0 Å². The molecule has 0 unspecified atom stereocenters. The van der Waals surface area contributed by atoms with Gasteiger partial charge < -0.3 is 0 Å². The molecule has 2 heteroatoms. The molecule has 0 bridgehead atoms. The molecule has 0 atom stereocenters. The highest BCUT2D eigenvalue weighted by atomic mass is 35.5. The molecule has 0 amide bonds. The largest absolute Gasteiger partial charge is 0.220 e. The molecule has 1 saturated carbocycles. The maximum atomic E-state index is 5.81. The van der Waals surface area contributed by atoms with Crippen molar-refractivity contribution in [3.05, 3.63) is 0 Å². The minimum absolute atomic E-state index is 0.783. The van der Waals surface area contributed by atoms with Gasteiger partial charge in [0.25, 0.3) is 0 Å². The predicted molar refractivity (Wildman–Crippen MR) is 38.3 cm³/mol. The van der Waals surface area contributed by atoms with E-state index in [1.54, 1.807) is 0 Å². The topological polar surface area (TPSA) is 3.24 Å². The van der Waals surface area contributed by atoms with Gasteiger partial charge in [0.2, 0.25) is 0 Å². The lowest BCUT2D eigenvalue weighted by Crippen LogP contribution is -2.27. The third kappa shape index (κ3) is 1.08. The molecular formula is C7H12ClN. The van der Waals surface area contributed by atoms with Crippen LogP contribution in [-0.4, -0.2) is 17.5 Å². The van der Waals surface area contributed by atoms with Crippen molar-refractivity contribution in [1.29, 1.82) is 0 Å². The van der Waals surface area contributed by atoms with Crippen molar-refractivity contribution in [3.63, 3.8) is 0 Å². The van der Waals surface area contributed by atoms with Gasteiger partial charge in [0.05, 0.1) is 0 Å². The quantitative estimate of drug-likeness (QED) is 0.472. The summed E-state index contributed by atoms with van der Waals surface area (Å²) >= 11 is 5.81. The fourth-order valence-corrected chi connectivity index (χ4v) is 1.80. The van der Waals surface area contributed by atoms with Crippen LogP contribution in [0.2, 0.25) is 0 Å². The van der Waals surface area contributed by atoms with Crippen molar-refractivity contribution in [1.82, 2.24) is 4.42 Å². The number of nitrogens with zero attached hydrogens (tertiary/aromatic N) is 1. The summed E-state index contributed by atoms with van der Waals surface area (Å²) in [6.07, 6.45) is 5.63. The number of halogens is 1. The Kier molecular flexibility index (Phi) is 1.24. The molecule has 1 spiro atoms. The van der Waals surface area contributed by atoms with E-state index in [-0.39, 0.29) is 0 Å². The minimum Gasteiger partial charge on any atom is -0.220 e. The molecule has 2 aliphatic rings. The van der Waals surface area contributed by atoms with Crippen LogP contribution in [0.5, 0.6) is 0 Å². The molecule has 0 aromatic carbocycles. The minimum atomic E-state index is 0.783. The number of piperidine rings is 1. The zero-order valence-corrected chi connectivity index (χ0v) is 6.32. The first-order valence-corrected chi connectivity index (χ1v) is 4.05. The Morgan fingerprint density at radius 3 is 2.00 bits per heavy atom. The Morgan fingerprint density at radius 1 is 1.00 bits per heavy atom. The smallest absolute Gasteiger partial charge is 0.0144 e. The normalized spacial score (nSPS) is 33.0. The van der Waals surface area contributed by atoms with Gasteiger partial charge >= 0.3 is 0 Å². The van der Waals surface area contributed by atoms with E-state index in [9.17, 15) is 0 Å². The highest BCUT2D eigenvalue weighted by molar-refractivity contribution is 6.13. The summed E-state index contributed by atoms with van der Waals surface area (Å²) in [4.78, 5) is 0. The second-order valence-electron chi connectivity index (χ2n) is 3.41. The second-order valence-corrected chi connectivity index (χ2v) is 3.89. The molecule has 52 valence electrons. The van der Waals surface area contributed by atoms with Crippen LogP contribution in [0.15, 0.2) is 0 Å². The van der Waals surface area contributed by atoms with Crippen LogP contribution >= 0.6 is 11.8 Å². The summed E-state index contributed by atoms with van der Waals surface area (Å²) in [5, 5.41) is 0. The Hall–Kier alpha value is 0.250. The van der Waals surface area contributed by atoms with E-state index in [2.05, 4.69) is 0 Å². The van der Waals surface area contributed by atoms with Gasteiger partial charge in [0, 0.05) is 13.1 Å². The highest BCUT2D eigenvalue weighted by Crippen LogP contribution is 2.53. The third-order valence-corrected chi connectivity index (χ3v) is 3.06. The van der Waals surface area contributed by atoms with Crippen LogP contribution < -0.4 is 0 Å². The van der Waals surface area contributed by atoms with Crippen LogP contribution in [0.3, 0.4) is 0 Å². The first-order chi connectivity index (χ1) is 4.31. The van der Waals surface area contributed by atoms with Crippen LogP contribution in [-0.2, 0) is 0 Å². The average Bonchev–Trinajstić information content (AvgIpc) is 2.60. The maximum Gasteiger partial charge on any atom is 0.0144 e. The summed E-state index contributed by atoms with van der Waals surface area (Å²) < 4.78 is 1.92.